The highest BCUT2D eigenvalue weighted by molar-refractivity contribution is 7.92. The van der Waals surface area contributed by atoms with Crippen molar-refractivity contribution >= 4 is 27.6 Å². The zero-order chi connectivity index (χ0) is 25.4. The SMILES string of the molecule is COc1ccc(C(=O)OC(C)C(=O)NCCc2ccccc2)cc1S(=O)(=O)Nc1ccc(C)cc1. The Labute approximate surface area is 205 Å². The molecule has 2 N–H and O–H groups in total. The molecule has 8 nitrogen and oxygen atoms in total. The highest BCUT2D eigenvalue weighted by Crippen LogP contribution is 2.27. The second-order valence-corrected chi connectivity index (χ2v) is 9.56. The number of amides is 1. The predicted molar refractivity (Wildman–Crippen MR) is 133 cm³/mol. The largest absolute Gasteiger partial charge is 0.495 e. The summed E-state index contributed by atoms with van der Waals surface area (Å²) in [5, 5.41) is 2.73. The van der Waals surface area contributed by atoms with Crippen molar-refractivity contribution in [3.63, 3.8) is 0 Å². The number of carbonyl (C=O) groups is 2. The van der Waals surface area contributed by atoms with E-state index in [9.17, 15) is 18.0 Å². The smallest absolute Gasteiger partial charge is 0.338 e. The lowest BCUT2D eigenvalue weighted by Gasteiger charge is -2.15. The quantitative estimate of drug-likeness (QED) is 0.414. The van der Waals surface area contributed by atoms with E-state index in [4.69, 9.17) is 9.47 Å². The summed E-state index contributed by atoms with van der Waals surface area (Å²) in [6.07, 6.45) is -0.424. The molecule has 3 aromatic rings. The van der Waals surface area contributed by atoms with E-state index >= 15 is 0 Å². The van der Waals surface area contributed by atoms with Gasteiger partial charge >= 0.3 is 5.97 Å². The molecule has 3 rings (SSSR count). The van der Waals surface area contributed by atoms with Crippen LogP contribution in [0.1, 0.15) is 28.4 Å². The lowest BCUT2D eigenvalue weighted by molar-refractivity contribution is -0.129. The number of sulfonamides is 1. The van der Waals surface area contributed by atoms with Gasteiger partial charge < -0.3 is 14.8 Å². The van der Waals surface area contributed by atoms with E-state index in [1.165, 1.54) is 26.2 Å². The van der Waals surface area contributed by atoms with Gasteiger partial charge in [0.1, 0.15) is 10.6 Å². The standard InChI is InChI=1S/C26H28N2O6S/c1-18-9-12-22(13-10-18)28-35(31,32)24-17-21(11-14-23(24)33-3)26(30)34-19(2)25(29)27-16-15-20-7-5-4-6-8-20/h4-14,17,19,28H,15-16H2,1-3H3,(H,27,29). The van der Waals surface area contributed by atoms with Gasteiger partial charge in [0, 0.05) is 12.2 Å². The van der Waals surface area contributed by atoms with E-state index in [-0.39, 0.29) is 16.2 Å². The molecular formula is C26H28N2O6S. The van der Waals surface area contributed by atoms with Gasteiger partial charge in [-0.2, -0.15) is 0 Å². The van der Waals surface area contributed by atoms with Gasteiger partial charge in [-0.25, -0.2) is 13.2 Å². The molecule has 1 unspecified atom stereocenters. The first-order valence-corrected chi connectivity index (χ1v) is 12.5. The first-order chi connectivity index (χ1) is 16.7. The molecule has 1 atom stereocenters. The number of hydrogen-bond donors (Lipinski definition) is 2. The average molecular weight is 497 g/mol. The highest BCUT2D eigenvalue weighted by atomic mass is 32.2. The summed E-state index contributed by atoms with van der Waals surface area (Å²) in [6.45, 7) is 3.73. The first-order valence-electron chi connectivity index (χ1n) is 11.0. The minimum Gasteiger partial charge on any atom is -0.495 e. The van der Waals surface area contributed by atoms with Crippen molar-refractivity contribution in [3.8, 4) is 5.75 Å². The fourth-order valence-corrected chi connectivity index (χ4v) is 4.50. The van der Waals surface area contributed by atoms with Gasteiger partial charge in [-0.05, 0) is 56.2 Å². The van der Waals surface area contributed by atoms with E-state index < -0.39 is 28.0 Å². The van der Waals surface area contributed by atoms with Crippen molar-refractivity contribution in [3.05, 3.63) is 89.5 Å². The molecule has 0 radical (unpaired) electrons. The van der Waals surface area contributed by atoms with Crippen LogP contribution in [-0.2, 0) is 26.0 Å². The van der Waals surface area contributed by atoms with Crippen LogP contribution in [0.2, 0.25) is 0 Å². The molecule has 0 spiro atoms. The van der Waals surface area contributed by atoms with Crippen LogP contribution in [0.4, 0.5) is 5.69 Å². The lowest BCUT2D eigenvalue weighted by atomic mass is 10.1. The van der Waals surface area contributed by atoms with Crippen LogP contribution >= 0.6 is 0 Å². The monoisotopic (exact) mass is 496 g/mol. The third-order valence-corrected chi connectivity index (χ3v) is 6.60. The van der Waals surface area contributed by atoms with Crippen molar-refractivity contribution < 1.29 is 27.5 Å². The van der Waals surface area contributed by atoms with Crippen molar-refractivity contribution in [1.29, 1.82) is 0 Å². The van der Waals surface area contributed by atoms with Crippen LogP contribution in [0.25, 0.3) is 0 Å². The molecule has 3 aromatic carbocycles. The number of anilines is 1. The topological polar surface area (TPSA) is 111 Å². The normalized spacial score (nSPS) is 11.9. The van der Waals surface area contributed by atoms with Crippen LogP contribution in [0.3, 0.4) is 0 Å². The third-order valence-electron chi connectivity index (χ3n) is 5.20. The Bertz CT molecular complexity index is 1270. The molecule has 0 saturated heterocycles. The molecule has 0 bridgehead atoms. The summed E-state index contributed by atoms with van der Waals surface area (Å²) < 4.78 is 38.9. The van der Waals surface area contributed by atoms with Crippen molar-refractivity contribution in [2.75, 3.05) is 18.4 Å². The zero-order valence-electron chi connectivity index (χ0n) is 19.8. The van der Waals surface area contributed by atoms with Gasteiger partial charge in [-0.15, -0.1) is 0 Å². The number of ether oxygens (including phenoxy) is 2. The molecule has 1 amide bonds. The van der Waals surface area contributed by atoms with Gasteiger partial charge in [0.2, 0.25) is 0 Å². The second kappa shape index (κ2) is 11.5. The Morgan fingerprint density at radius 1 is 0.971 bits per heavy atom. The number of rotatable bonds is 10. The summed E-state index contributed by atoms with van der Waals surface area (Å²) in [5.41, 5.74) is 2.39. The first kappa shape index (κ1) is 25.8. The zero-order valence-corrected chi connectivity index (χ0v) is 20.6. The number of esters is 1. The van der Waals surface area contributed by atoms with Crippen LogP contribution in [-0.4, -0.2) is 40.1 Å². The Kier molecular flexibility index (Phi) is 8.48. The molecule has 0 aliphatic carbocycles. The Balaban J connectivity index is 1.67. The number of hydrogen-bond acceptors (Lipinski definition) is 6. The molecule has 0 aliphatic heterocycles. The van der Waals surface area contributed by atoms with Gasteiger partial charge in [0.15, 0.2) is 6.10 Å². The fraction of sp³-hybridized carbons (Fsp3) is 0.231. The van der Waals surface area contributed by atoms with Gasteiger partial charge in [0.25, 0.3) is 15.9 Å². The lowest BCUT2D eigenvalue weighted by Crippen LogP contribution is -2.36. The van der Waals surface area contributed by atoms with E-state index in [1.54, 1.807) is 24.3 Å². The molecule has 9 heteroatoms. The number of methoxy groups -OCH3 is 1. The molecule has 0 heterocycles. The summed E-state index contributed by atoms with van der Waals surface area (Å²) in [7, 11) is -2.74. The maximum absolute atomic E-state index is 13.0. The molecule has 0 fully saturated rings. The van der Waals surface area contributed by atoms with Crippen LogP contribution < -0.4 is 14.8 Å². The number of carbonyl (C=O) groups excluding carboxylic acids is 2. The maximum atomic E-state index is 13.0. The fourth-order valence-electron chi connectivity index (χ4n) is 3.25. The van der Waals surface area contributed by atoms with Crippen molar-refractivity contribution in [2.45, 2.75) is 31.3 Å². The molecule has 35 heavy (non-hydrogen) atoms. The molecule has 184 valence electrons. The maximum Gasteiger partial charge on any atom is 0.338 e. The summed E-state index contributed by atoms with van der Waals surface area (Å²) in [5.74, 6) is -1.21. The summed E-state index contributed by atoms with van der Waals surface area (Å²) in [4.78, 5) is 24.8. The molecule has 0 aromatic heterocycles. The van der Waals surface area contributed by atoms with E-state index in [0.29, 0.717) is 18.7 Å². The third kappa shape index (κ3) is 7.07. The van der Waals surface area contributed by atoms with Crippen LogP contribution in [0, 0.1) is 6.92 Å². The Morgan fingerprint density at radius 2 is 1.66 bits per heavy atom. The van der Waals surface area contributed by atoms with Crippen LogP contribution in [0.15, 0.2) is 77.7 Å². The van der Waals surface area contributed by atoms with E-state index in [2.05, 4.69) is 10.0 Å². The molecule has 0 aliphatic rings. The summed E-state index contributed by atoms with van der Waals surface area (Å²) >= 11 is 0. The molecular weight excluding hydrogens is 468 g/mol. The molecule has 0 saturated carbocycles. The van der Waals surface area contributed by atoms with Crippen molar-refractivity contribution in [2.24, 2.45) is 0 Å². The Hall–Kier alpha value is -3.85. The van der Waals surface area contributed by atoms with Gasteiger partial charge in [0.05, 0.1) is 12.7 Å². The van der Waals surface area contributed by atoms with Gasteiger partial charge in [-0.3, -0.25) is 9.52 Å². The second-order valence-electron chi connectivity index (χ2n) is 7.91. The number of aryl methyl sites for hydroxylation is 1. The average Bonchev–Trinajstić information content (AvgIpc) is 2.85. The number of benzene rings is 3. The predicted octanol–water partition coefficient (Wildman–Crippen LogP) is 3.71. The Morgan fingerprint density at radius 3 is 2.31 bits per heavy atom. The van der Waals surface area contributed by atoms with E-state index in [0.717, 1.165) is 17.2 Å². The van der Waals surface area contributed by atoms with Gasteiger partial charge in [-0.1, -0.05) is 48.0 Å². The highest BCUT2D eigenvalue weighted by Gasteiger charge is 2.24. The minimum absolute atomic E-state index is 0.0287. The number of nitrogens with one attached hydrogen (secondary N) is 2. The minimum atomic E-state index is -4.07. The van der Waals surface area contributed by atoms with Crippen LogP contribution in [0.5, 0.6) is 5.75 Å². The summed E-state index contributed by atoms with van der Waals surface area (Å²) in [6, 6.07) is 20.4. The van der Waals surface area contributed by atoms with Crippen molar-refractivity contribution in [1.82, 2.24) is 5.32 Å². The van der Waals surface area contributed by atoms with E-state index in [1.807, 2.05) is 37.3 Å².